The quantitative estimate of drug-likeness (QED) is 0.174. The summed E-state index contributed by atoms with van der Waals surface area (Å²) in [6.07, 6.45) is 0. The third-order valence-electron chi connectivity index (χ3n) is 8.15. The Kier molecular flexibility index (Phi) is 15.4. The van der Waals surface area contributed by atoms with Crippen molar-refractivity contribution in [1.29, 1.82) is 0 Å². The zero-order valence-corrected chi connectivity index (χ0v) is 34.2. The minimum Gasteiger partial charge on any atom is -1.00 e. The molecule has 0 unspecified atom stereocenters. The van der Waals surface area contributed by atoms with Crippen LogP contribution in [0.15, 0.2) is 194 Å². The number of halogens is 2. The van der Waals surface area contributed by atoms with Crippen LogP contribution in [0.1, 0.15) is 13.8 Å². The van der Waals surface area contributed by atoms with E-state index in [0.29, 0.717) is 0 Å². The molecular formula is C45H38Cl2Si2Zr-2. The van der Waals surface area contributed by atoms with Gasteiger partial charge in [-0.1, -0.05) is 154 Å². The average Bonchev–Trinajstić information content (AvgIpc) is 3.76. The molecule has 0 nitrogen and oxygen atoms in total. The summed E-state index contributed by atoms with van der Waals surface area (Å²) in [5.41, 5.74) is 0. The molecular weight excluding hydrogens is 759 g/mol. The van der Waals surface area contributed by atoms with Gasteiger partial charge in [-0.2, -0.15) is 33.3 Å². The summed E-state index contributed by atoms with van der Waals surface area (Å²) < 4.78 is 1.51. The molecule has 0 saturated carbocycles. The number of benzene rings is 6. The van der Waals surface area contributed by atoms with Gasteiger partial charge in [0.1, 0.15) is 0 Å². The molecule has 8 aromatic carbocycles. The molecule has 8 aromatic rings. The Bertz CT molecular complexity index is 1940. The zero-order valence-electron chi connectivity index (χ0n) is 28.2. The Hall–Kier alpha value is -3.69. The monoisotopic (exact) mass is 794 g/mol. The van der Waals surface area contributed by atoms with E-state index in [9.17, 15) is 0 Å². The van der Waals surface area contributed by atoms with Gasteiger partial charge < -0.3 is 24.8 Å². The van der Waals surface area contributed by atoms with Crippen molar-refractivity contribution in [3.63, 3.8) is 0 Å². The van der Waals surface area contributed by atoms with Crippen molar-refractivity contribution < 1.29 is 49.0 Å². The van der Waals surface area contributed by atoms with Crippen LogP contribution in [-0.2, 0) is 24.2 Å². The first-order valence-electron chi connectivity index (χ1n) is 16.4. The van der Waals surface area contributed by atoms with Gasteiger partial charge in [0.2, 0.25) is 0 Å². The van der Waals surface area contributed by atoms with Crippen LogP contribution in [0.5, 0.6) is 0 Å². The zero-order chi connectivity index (χ0) is 33.1. The van der Waals surface area contributed by atoms with Crippen LogP contribution in [-0.4, -0.2) is 20.8 Å². The maximum atomic E-state index is 2.32. The SMILES string of the molecule is C[C](C)=[Zr+2].[Cl-].[Cl-].c1ccc([Si](c2ccccc2)c2c[cH-]c3ccccc23)cc1.c1ccc([Si](c2ccccc2)c2c[cH-]c3ccccc23)cc1. The summed E-state index contributed by atoms with van der Waals surface area (Å²) in [6, 6.07) is 70.2. The molecule has 8 rings (SSSR count). The fourth-order valence-corrected chi connectivity index (χ4v) is 11.6. The van der Waals surface area contributed by atoms with Crippen LogP contribution in [0.2, 0.25) is 0 Å². The molecule has 0 aliphatic rings. The predicted molar refractivity (Wildman–Crippen MR) is 211 cm³/mol. The molecule has 0 spiro atoms. The van der Waals surface area contributed by atoms with E-state index < -0.39 is 17.6 Å². The first kappa shape index (κ1) is 39.1. The van der Waals surface area contributed by atoms with Crippen LogP contribution >= 0.6 is 0 Å². The molecule has 0 aliphatic carbocycles. The third kappa shape index (κ3) is 9.75. The van der Waals surface area contributed by atoms with Gasteiger partial charge in [-0.25, -0.2) is 0 Å². The largest absolute Gasteiger partial charge is 1.00 e. The molecule has 246 valence electrons. The second-order valence-corrected chi connectivity index (χ2v) is 19.2. The average molecular weight is 797 g/mol. The van der Waals surface area contributed by atoms with Crippen LogP contribution in [0.3, 0.4) is 0 Å². The molecule has 0 heterocycles. The summed E-state index contributed by atoms with van der Waals surface area (Å²) in [7, 11) is -1.92. The Morgan fingerprint density at radius 2 is 0.640 bits per heavy atom. The van der Waals surface area contributed by atoms with Crippen LogP contribution < -0.4 is 55.9 Å². The Balaban J connectivity index is 0.000000196. The van der Waals surface area contributed by atoms with Gasteiger partial charge in [-0.3, -0.25) is 0 Å². The molecule has 0 aliphatic heterocycles. The third-order valence-corrected chi connectivity index (χ3v) is 13.7. The topological polar surface area (TPSA) is 0 Å². The molecule has 0 amide bonds. The van der Waals surface area contributed by atoms with Crippen molar-refractivity contribution in [2.75, 3.05) is 0 Å². The molecule has 50 heavy (non-hydrogen) atoms. The van der Waals surface area contributed by atoms with Gasteiger partial charge in [-0.15, -0.1) is 59.3 Å². The smallest absolute Gasteiger partial charge is 0.0959 e. The van der Waals surface area contributed by atoms with Gasteiger partial charge in [-0.05, 0) is 0 Å². The van der Waals surface area contributed by atoms with Crippen molar-refractivity contribution in [1.82, 2.24) is 0 Å². The van der Waals surface area contributed by atoms with E-state index in [0.717, 1.165) is 0 Å². The van der Waals surface area contributed by atoms with E-state index in [-0.39, 0.29) is 24.8 Å². The maximum absolute atomic E-state index is 2.32. The molecule has 5 heteroatoms. The Labute approximate surface area is 327 Å². The van der Waals surface area contributed by atoms with E-state index in [4.69, 9.17) is 0 Å². The molecule has 0 bridgehead atoms. The minimum absolute atomic E-state index is 0. The van der Waals surface area contributed by atoms with Gasteiger partial charge in [0, 0.05) is 0 Å². The summed E-state index contributed by atoms with van der Waals surface area (Å²) in [5.74, 6) is 0. The van der Waals surface area contributed by atoms with Gasteiger partial charge in [0.25, 0.3) is 0 Å². The van der Waals surface area contributed by atoms with E-state index in [1.165, 1.54) is 55.9 Å². The van der Waals surface area contributed by atoms with Gasteiger partial charge in [0.05, 0.1) is 17.6 Å². The molecule has 0 aromatic heterocycles. The summed E-state index contributed by atoms with van der Waals surface area (Å²) >= 11 is 1.55. The maximum Gasteiger partial charge on any atom is 0.0959 e. The number of hydrogen-bond donors (Lipinski definition) is 0. The van der Waals surface area contributed by atoms with E-state index >= 15 is 0 Å². The van der Waals surface area contributed by atoms with Crippen LogP contribution in [0.25, 0.3) is 21.5 Å². The first-order valence-corrected chi connectivity index (χ1v) is 20.6. The number of rotatable bonds is 6. The number of hydrogen-bond acceptors (Lipinski definition) is 0. The predicted octanol–water partition coefficient (Wildman–Crippen LogP) is 0.903. The summed E-state index contributed by atoms with van der Waals surface area (Å²) in [4.78, 5) is 0. The second kappa shape index (κ2) is 19.6. The fraction of sp³-hybridized carbons (Fsp3) is 0.0444. The standard InChI is InChI=1S/2C21H16Si.C3H6.2ClH.Zr/c2*1-3-10-18(11-4-1)22(19-12-5-2-6-13-19)21-16-15-17-9-7-8-14-20(17)21;1-3-2;;;/h2*1-16H;1-2H3;2*1H;/q2*-1;;;;+2/p-2. The van der Waals surface area contributed by atoms with E-state index in [1.54, 1.807) is 24.2 Å². The van der Waals surface area contributed by atoms with Crippen molar-refractivity contribution in [3.8, 4) is 0 Å². The van der Waals surface area contributed by atoms with E-state index in [2.05, 4.69) is 208 Å². The minimum atomic E-state index is -0.959. The summed E-state index contributed by atoms with van der Waals surface area (Å²) in [6.45, 7) is 4.25. The second-order valence-electron chi connectivity index (χ2n) is 11.9. The Morgan fingerprint density at radius 1 is 0.400 bits per heavy atom. The first-order chi connectivity index (χ1) is 23.6. The van der Waals surface area contributed by atoms with Crippen molar-refractivity contribution in [2.24, 2.45) is 0 Å². The van der Waals surface area contributed by atoms with Gasteiger partial charge in [0.15, 0.2) is 0 Å². The molecule has 2 radical (unpaired) electrons. The molecule has 0 saturated heterocycles. The van der Waals surface area contributed by atoms with Crippen LogP contribution in [0.4, 0.5) is 0 Å². The summed E-state index contributed by atoms with van der Waals surface area (Å²) in [5, 5.41) is 14.2. The van der Waals surface area contributed by atoms with Crippen LogP contribution in [0, 0.1) is 0 Å². The molecule has 0 N–H and O–H groups in total. The number of fused-ring (bicyclic) bond motifs is 2. The van der Waals surface area contributed by atoms with Gasteiger partial charge >= 0.3 is 41.3 Å². The van der Waals surface area contributed by atoms with Crippen molar-refractivity contribution in [3.05, 3.63) is 194 Å². The van der Waals surface area contributed by atoms with E-state index in [1.807, 2.05) is 0 Å². The normalized spacial score (nSPS) is 10.4. The van der Waals surface area contributed by atoms with Crippen molar-refractivity contribution >= 4 is 73.5 Å². The Morgan fingerprint density at radius 3 is 0.920 bits per heavy atom. The fourth-order valence-electron chi connectivity index (χ4n) is 6.11. The molecule has 0 atom stereocenters. The van der Waals surface area contributed by atoms with Crippen molar-refractivity contribution in [2.45, 2.75) is 13.8 Å². The molecule has 0 fully saturated rings.